The zero-order chi connectivity index (χ0) is 18.7. The molecule has 7 nitrogen and oxygen atoms in total. The molecule has 0 spiro atoms. The minimum Gasteiger partial charge on any atom is -0.370 e. The van der Waals surface area contributed by atoms with Crippen molar-refractivity contribution in [3.63, 3.8) is 0 Å². The van der Waals surface area contributed by atoms with E-state index in [0.29, 0.717) is 10.9 Å². The van der Waals surface area contributed by atoms with E-state index in [1.54, 1.807) is 24.3 Å². The number of H-pyrrole nitrogens is 1. The lowest BCUT2D eigenvalue weighted by atomic mass is 10.2. The number of carbonyl (C=O) groups excluding carboxylic acids is 1. The van der Waals surface area contributed by atoms with Gasteiger partial charge in [-0.25, -0.2) is 13.6 Å². The highest BCUT2D eigenvalue weighted by atomic mass is 19.3. The molecule has 1 aromatic carbocycles. The van der Waals surface area contributed by atoms with Gasteiger partial charge in [0.15, 0.2) is 0 Å². The minimum atomic E-state index is -2.57. The fourth-order valence-corrected chi connectivity index (χ4v) is 3.07. The Morgan fingerprint density at radius 3 is 2.81 bits per heavy atom. The van der Waals surface area contributed by atoms with Crippen LogP contribution < -0.4 is 11.2 Å². The van der Waals surface area contributed by atoms with E-state index in [1.165, 1.54) is 9.47 Å². The van der Waals surface area contributed by atoms with Crippen LogP contribution in [0.4, 0.5) is 8.78 Å². The van der Waals surface area contributed by atoms with Gasteiger partial charge in [0, 0.05) is 26.1 Å². The average Bonchev–Trinajstić information content (AvgIpc) is 2.87. The van der Waals surface area contributed by atoms with Crippen LogP contribution in [0, 0.1) is 0 Å². The predicted molar refractivity (Wildman–Crippen MR) is 90.4 cm³/mol. The van der Waals surface area contributed by atoms with E-state index in [4.69, 9.17) is 4.74 Å². The van der Waals surface area contributed by atoms with Crippen molar-refractivity contribution in [1.29, 1.82) is 0 Å². The number of nitrogens with one attached hydrogen (secondary N) is 1. The largest absolute Gasteiger partial charge is 0.370 e. The van der Waals surface area contributed by atoms with E-state index in [-0.39, 0.29) is 45.0 Å². The Kier molecular flexibility index (Phi) is 5.46. The third-order valence-electron chi connectivity index (χ3n) is 4.46. The first-order valence-corrected chi connectivity index (χ1v) is 8.37. The van der Waals surface area contributed by atoms with E-state index in [9.17, 15) is 23.2 Å². The fraction of sp³-hybridized carbons (Fsp3) is 0.471. The van der Waals surface area contributed by atoms with E-state index in [1.807, 2.05) is 0 Å². The Morgan fingerprint density at radius 1 is 1.27 bits per heavy atom. The number of ether oxygens (including phenoxy) is 1. The molecule has 0 saturated carbocycles. The Balaban J connectivity index is 1.71. The van der Waals surface area contributed by atoms with Gasteiger partial charge in [-0.1, -0.05) is 12.1 Å². The molecular formula is C17H19F2N3O4. The lowest BCUT2D eigenvalue weighted by Crippen LogP contribution is -2.36. The number of amides is 1. The Morgan fingerprint density at radius 2 is 2.04 bits per heavy atom. The number of rotatable bonds is 4. The number of aromatic nitrogens is 2. The number of para-hydroxylation sites is 1. The number of hydrogen-bond donors (Lipinski definition) is 1. The summed E-state index contributed by atoms with van der Waals surface area (Å²) in [4.78, 5) is 40.1. The Labute approximate surface area is 147 Å². The summed E-state index contributed by atoms with van der Waals surface area (Å²) in [5.74, 6) is -0.245. The van der Waals surface area contributed by atoms with Crippen molar-refractivity contribution in [2.45, 2.75) is 31.9 Å². The van der Waals surface area contributed by atoms with Crippen molar-refractivity contribution in [3.05, 3.63) is 45.1 Å². The molecule has 9 heteroatoms. The molecule has 0 radical (unpaired) electrons. The first kappa shape index (κ1) is 18.2. The second-order valence-corrected chi connectivity index (χ2v) is 6.09. The summed E-state index contributed by atoms with van der Waals surface area (Å²) in [6.45, 7) is 0.575. The van der Waals surface area contributed by atoms with Crippen molar-refractivity contribution in [3.8, 4) is 0 Å². The number of carbonyl (C=O) groups is 1. The number of aromatic amines is 1. The SMILES string of the molecule is O=C(CCn1c(=O)[nH]c(=O)c2ccccc21)N1CCOC(C(F)F)CC1. The molecule has 1 aliphatic rings. The number of halogens is 2. The summed E-state index contributed by atoms with van der Waals surface area (Å²) in [6, 6.07) is 6.64. The molecule has 1 fully saturated rings. The summed E-state index contributed by atoms with van der Waals surface area (Å²) < 4.78 is 31.9. The molecule has 2 aromatic rings. The van der Waals surface area contributed by atoms with Crippen LogP contribution in [0.3, 0.4) is 0 Å². The maximum absolute atomic E-state index is 12.7. The van der Waals surface area contributed by atoms with Crippen molar-refractivity contribution in [1.82, 2.24) is 14.5 Å². The zero-order valence-electron chi connectivity index (χ0n) is 14.0. The number of alkyl halides is 2. The molecular weight excluding hydrogens is 348 g/mol. The van der Waals surface area contributed by atoms with Crippen LogP contribution in [0.25, 0.3) is 10.9 Å². The molecule has 1 atom stereocenters. The van der Waals surface area contributed by atoms with Crippen LogP contribution in [-0.4, -0.2) is 52.6 Å². The molecule has 1 unspecified atom stereocenters. The molecule has 1 aliphatic heterocycles. The lowest BCUT2D eigenvalue weighted by Gasteiger charge is -2.20. The average molecular weight is 367 g/mol. The Hall–Kier alpha value is -2.55. The number of fused-ring (bicyclic) bond motifs is 1. The summed E-state index contributed by atoms with van der Waals surface area (Å²) >= 11 is 0. The maximum atomic E-state index is 12.7. The highest BCUT2D eigenvalue weighted by molar-refractivity contribution is 5.79. The second-order valence-electron chi connectivity index (χ2n) is 6.09. The van der Waals surface area contributed by atoms with Crippen molar-refractivity contribution in [2.24, 2.45) is 0 Å². The molecule has 2 heterocycles. The quantitative estimate of drug-likeness (QED) is 0.873. The Bertz CT molecular complexity index is 909. The third-order valence-corrected chi connectivity index (χ3v) is 4.46. The zero-order valence-corrected chi connectivity index (χ0v) is 14.0. The van der Waals surface area contributed by atoms with E-state index in [2.05, 4.69) is 4.98 Å². The molecule has 1 amide bonds. The van der Waals surface area contributed by atoms with Gasteiger partial charge in [-0.05, 0) is 18.6 Å². The van der Waals surface area contributed by atoms with Crippen molar-refractivity contribution < 1.29 is 18.3 Å². The van der Waals surface area contributed by atoms with Crippen LogP contribution in [-0.2, 0) is 16.1 Å². The lowest BCUT2D eigenvalue weighted by molar-refractivity contribution is -0.131. The minimum absolute atomic E-state index is 0.0231. The highest BCUT2D eigenvalue weighted by Crippen LogP contribution is 2.15. The molecule has 1 N–H and O–H groups in total. The van der Waals surface area contributed by atoms with Gasteiger partial charge < -0.3 is 9.64 Å². The van der Waals surface area contributed by atoms with Crippen LogP contribution in [0.2, 0.25) is 0 Å². The summed E-state index contributed by atoms with van der Waals surface area (Å²) in [6.07, 6.45) is -3.63. The number of aryl methyl sites for hydroxylation is 1. The van der Waals surface area contributed by atoms with Crippen molar-refractivity contribution in [2.75, 3.05) is 19.7 Å². The molecule has 26 heavy (non-hydrogen) atoms. The van der Waals surface area contributed by atoms with Gasteiger partial charge in [0.05, 0.1) is 17.5 Å². The smallest absolute Gasteiger partial charge is 0.328 e. The number of nitrogens with zero attached hydrogens (tertiary/aromatic N) is 2. The monoisotopic (exact) mass is 367 g/mol. The maximum Gasteiger partial charge on any atom is 0.328 e. The predicted octanol–water partition coefficient (Wildman–Crippen LogP) is 0.962. The van der Waals surface area contributed by atoms with Crippen LogP contribution in [0.5, 0.6) is 0 Å². The van der Waals surface area contributed by atoms with Crippen LogP contribution in [0.15, 0.2) is 33.9 Å². The van der Waals surface area contributed by atoms with E-state index < -0.39 is 23.8 Å². The van der Waals surface area contributed by atoms with Crippen LogP contribution >= 0.6 is 0 Å². The first-order valence-electron chi connectivity index (χ1n) is 8.37. The van der Waals surface area contributed by atoms with Crippen LogP contribution in [0.1, 0.15) is 12.8 Å². The van der Waals surface area contributed by atoms with E-state index >= 15 is 0 Å². The van der Waals surface area contributed by atoms with Gasteiger partial charge in [-0.2, -0.15) is 0 Å². The van der Waals surface area contributed by atoms with Crippen molar-refractivity contribution >= 4 is 16.8 Å². The summed E-state index contributed by atoms with van der Waals surface area (Å²) in [5.41, 5.74) is -0.611. The molecule has 1 saturated heterocycles. The standard InChI is InChI=1S/C17H19F2N3O4/c18-15(19)13-5-7-21(9-10-26-13)14(23)6-8-22-12-4-2-1-3-11(12)16(24)20-17(22)25/h1-4,13,15H,5-10H2,(H,20,24,25). The van der Waals surface area contributed by atoms with Gasteiger partial charge in [-0.3, -0.25) is 19.1 Å². The van der Waals surface area contributed by atoms with Gasteiger partial charge in [0.2, 0.25) is 5.91 Å². The second kappa shape index (κ2) is 7.77. The van der Waals surface area contributed by atoms with Gasteiger partial charge >= 0.3 is 5.69 Å². The topological polar surface area (TPSA) is 84.4 Å². The molecule has 1 aromatic heterocycles. The van der Waals surface area contributed by atoms with Gasteiger partial charge in [0.25, 0.3) is 12.0 Å². The third kappa shape index (κ3) is 3.82. The highest BCUT2D eigenvalue weighted by Gasteiger charge is 2.26. The molecule has 140 valence electrons. The van der Waals surface area contributed by atoms with E-state index in [0.717, 1.165) is 0 Å². The molecule has 3 rings (SSSR count). The fourth-order valence-electron chi connectivity index (χ4n) is 3.07. The first-order chi connectivity index (χ1) is 12.5. The van der Waals surface area contributed by atoms with Gasteiger partial charge in [0.1, 0.15) is 6.10 Å². The molecule has 0 aliphatic carbocycles. The number of hydrogen-bond acceptors (Lipinski definition) is 4. The summed E-state index contributed by atoms with van der Waals surface area (Å²) in [7, 11) is 0. The molecule has 0 bridgehead atoms. The summed E-state index contributed by atoms with van der Waals surface area (Å²) in [5, 5.41) is 0.363. The number of benzene rings is 1. The normalized spacial score (nSPS) is 18.3. The van der Waals surface area contributed by atoms with Gasteiger partial charge in [-0.15, -0.1) is 0 Å².